The Bertz CT molecular complexity index is 470. The first-order chi connectivity index (χ1) is 8.79. The third-order valence-electron chi connectivity index (χ3n) is 5.34. The Hall–Kier alpha value is -0.340. The van der Waals surface area contributed by atoms with Crippen LogP contribution < -0.4 is 5.32 Å². The minimum Gasteiger partial charge on any atom is -0.307 e. The maximum atomic E-state index is 3.97. The maximum absolute atomic E-state index is 3.97. The molecule has 4 atom stereocenters. The summed E-state index contributed by atoms with van der Waals surface area (Å²) < 4.78 is 1.22. The van der Waals surface area contributed by atoms with Gasteiger partial charge >= 0.3 is 0 Å². The molecule has 1 nitrogen and oxygen atoms in total. The number of hydrogen-bond donors (Lipinski definition) is 1. The summed E-state index contributed by atoms with van der Waals surface area (Å²) in [5.74, 6) is 2.02. The van der Waals surface area contributed by atoms with E-state index >= 15 is 0 Å². The van der Waals surface area contributed by atoms with E-state index in [1.807, 2.05) is 0 Å². The SMILES string of the molecule is Brc1ccc2c(c1)CCC2NC1CC2CCC1C2. The van der Waals surface area contributed by atoms with E-state index in [2.05, 4.69) is 39.4 Å². The van der Waals surface area contributed by atoms with Gasteiger partial charge in [-0.1, -0.05) is 28.4 Å². The minimum atomic E-state index is 0.623. The Morgan fingerprint density at radius 1 is 1.11 bits per heavy atom. The number of hydrogen-bond acceptors (Lipinski definition) is 1. The molecular formula is C16H20BrN. The van der Waals surface area contributed by atoms with Gasteiger partial charge in [0, 0.05) is 16.6 Å². The van der Waals surface area contributed by atoms with Gasteiger partial charge < -0.3 is 5.32 Å². The molecular weight excluding hydrogens is 286 g/mol. The fourth-order valence-electron chi connectivity index (χ4n) is 4.47. The van der Waals surface area contributed by atoms with Crippen molar-refractivity contribution >= 4 is 15.9 Å². The van der Waals surface area contributed by atoms with Gasteiger partial charge in [0.15, 0.2) is 0 Å². The number of fused-ring (bicyclic) bond motifs is 3. The van der Waals surface area contributed by atoms with Crippen molar-refractivity contribution in [1.29, 1.82) is 0 Å². The molecule has 0 saturated heterocycles. The van der Waals surface area contributed by atoms with E-state index in [4.69, 9.17) is 0 Å². The molecule has 0 heterocycles. The predicted molar refractivity (Wildman–Crippen MR) is 77.6 cm³/mol. The smallest absolute Gasteiger partial charge is 0.0328 e. The van der Waals surface area contributed by atoms with Crippen LogP contribution in [0.3, 0.4) is 0 Å². The normalized spacial score (nSPS) is 37.2. The van der Waals surface area contributed by atoms with E-state index in [9.17, 15) is 0 Å². The van der Waals surface area contributed by atoms with Crippen molar-refractivity contribution in [2.24, 2.45) is 11.8 Å². The molecule has 2 heteroatoms. The largest absolute Gasteiger partial charge is 0.307 e. The van der Waals surface area contributed by atoms with Crippen molar-refractivity contribution in [2.45, 2.75) is 50.6 Å². The maximum Gasteiger partial charge on any atom is 0.0328 e. The molecule has 2 saturated carbocycles. The van der Waals surface area contributed by atoms with Crippen LogP contribution in [0, 0.1) is 11.8 Å². The van der Waals surface area contributed by atoms with Gasteiger partial charge in [-0.15, -0.1) is 0 Å². The second kappa shape index (κ2) is 4.35. The summed E-state index contributed by atoms with van der Waals surface area (Å²) in [7, 11) is 0. The van der Waals surface area contributed by atoms with Gasteiger partial charge in [-0.05, 0) is 67.2 Å². The Balaban J connectivity index is 1.51. The minimum absolute atomic E-state index is 0.623. The van der Waals surface area contributed by atoms with E-state index < -0.39 is 0 Å². The summed E-state index contributed by atoms with van der Waals surface area (Å²) in [6.45, 7) is 0. The molecule has 0 aliphatic heterocycles. The zero-order valence-corrected chi connectivity index (χ0v) is 12.2. The van der Waals surface area contributed by atoms with Crippen molar-refractivity contribution in [3.8, 4) is 0 Å². The topological polar surface area (TPSA) is 12.0 Å². The first kappa shape index (κ1) is 11.5. The summed E-state index contributed by atoms with van der Waals surface area (Å²) in [5, 5.41) is 3.97. The number of rotatable bonds is 2. The lowest BCUT2D eigenvalue weighted by molar-refractivity contribution is 0.318. The van der Waals surface area contributed by atoms with Gasteiger partial charge in [0.2, 0.25) is 0 Å². The molecule has 0 radical (unpaired) electrons. The molecule has 3 aliphatic rings. The summed E-state index contributed by atoms with van der Waals surface area (Å²) in [6, 6.07) is 8.25. The quantitative estimate of drug-likeness (QED) is 0.863. The second-order valence-corrected chi connectivity index (χ2v) is 7.30. The summed E-state index contributed by atoms with van der Waals surface area (Å²) in [4.78, 5) is 0. The van der Waals surface area contributed by atoms with Crippen molar-refractivity contribution in [2.75, 3.05) is 0 Å². The highest BCUT2D eigenvalue weighted by molar-refractivity contribution is 9.10. The first-order valence-electron chi connectivity index (χ1n) is 7.34. The van der Waals surface area contributed by atoms with Crippen LogP contribution in [-0.2, 0) is 6.42 Å². The van der Waals surface area contributed by atoms with Crippen LogP contribution in [0.25, 0.3) is 0 Å². The number of halogens is 1. The van der Waals surface area contributed by atoms with E-state index in [0.717, 1.165) is 17.9 Å². The fraction of sp³-hybridized carbons (Fsp3) is 0.625. The third-order valence-corrected chi connectivity index (χ3v) is 5.83. The molecule has 3 aliphatic carbocycles. The van der Waals surface area contributed by atoms with Crippen LogP contribution in [0.2, 0.25) is 0 Å². The summed E-state index contributed by atoms with van der Waals surface area (Å²) >= 11 is 3.58. The average molecular weight is 306 g/mol. The van der Waals surface area contributed by atoms with E-state index in [1.165, 1.54) is 43.0 Å². The molecule has 0 aromatic heterocycles. The van der Waals surface area contributed by atoms with Gasteiger partial charge in [0.05, 0.1) is 0 Å². The standard InChI is InChI=1S/C16H20BrN/c17-13-4-5-14-11(9-13)3-6-15(14)18-16-8-10-1-2-12(16)7-10/h4-5,9-10,12,15-16,18H,1-3,6-8H2. The van der Waals surface area contributed by atoms with Crippen molar-refractivity contribution < 1.29 is 0 Å². The van der Waals surface area contributed by atoms with Crippen LogP contribution in [0.4, 0.5) is 0 Å². The zero-order chi connectivity index (χ0) is 12.1. The molecule has 2 fully saturated rings. The Kier molecular flexibility index (Phi) is 2.77. The fourth-order valence-corrected chi connectivity index (χ4v) is 4.87. The number of aryl methyl sites for hydroxylation is 1. The molecule has 0 spiro atoms. The van der Waals surface area contributed by atoms with Crippen LogP contribution in [0.15, 0.2) is 22.7 Å². The molecule has 4 rings (SSSR count). The Labute approximate surface area is 117 Å². The van der Waals surface area contributed by atoms with Crippen molar-refractivity contribution in [3.05, 3.63) is 33.8 Å². The van der Waals surface area contributed by atoms with Gasteiger partial charge in [-0.2, -0.15) is 0 Å². The monoisotopic (exact) mass is 305 g/mol. The first-order valence-corrected chi connectivity index (χ1v) is 8.13. The Morgan fingerprint density at radius 2 is 2.06 bits per heavy atom. The van der Waals surface area contributed by atoms with Gasteiger partial charge in [0.1, 0.15) is 0 Å². The summed E-state index contributed by atoms with van der Waals surface area (Å²) in [6.07, 6.45) is 8.44. The van der Waals surface area contributed by atoms with Crippen molar-refractivity contribution in [1.82, 2.24) is 5.32 Å². The van der Waals surface area contributed by atoms with Crippen molar-refractivity contribution in [3.63, 3.8) is 0 Å². The molecule has 4 unspecified atom stereocenters. The van der Waals surface area contributed by atoms with Crippen LogP contribution >= 0.6 is 15.9 Å². The average Bonchev–Trinajstić information content (AvgIpc) is 3.04. The predicted octanol–water partition coefficient (Wildman–Crippen LogP) is 4.21. The highest BCUT2D eigenvalue weighted by atomic mass is 79.9. The lowest BCUT2D eigenvalue weighted by Gasteiger charge is -2.27. The third kappa shape index (κ3) is 1.85. The molecule has 96 valence electrons. The van der Waals surface area contributed by atoms with E-state index in [-0.39, 0.29) is 0 Å². The second-order valence-electron chi connectivity index (χ2n) is 6.38. The van der Waals surface area contributed by atoms with Gasteiger partial charge in [-0.3, -0.25) is 0 Å². The van der Waals surface area contributed by atoms with E-state index in [1.54, 1.807) is 11.1 Å². The highest BCUT2D eigenvalue weighted by Crippen LogP contribution is 2.46. The highest BCUT2D eigenvalue weighted by Gasteiger charge is 2.40. The lowest BCUT2D eigenvalue weighted by Crippen LogP contribution is -2.36. The molecule has 1 aromatic rings. The number of nitrogens with one attached hydrogen (secondary N) is 1. The molecule has 1 aromatic carbocycles. The van der Waals surface area contributed by atoms with Gasteiger partial charge in [-0.25, -0.2) is 0 Å². The molecule has 1 N–H and O–H groups in total. The van der Waals surface area contributed by atoms with Crippen LogP contribution in [-0.4, -0.2) is 6.04 Å². The number of benzene rings is 1. The molecule has 18 heavy (non-hydrogen) atoms. The van der Waals surface area contributed by atoms with Crippen LogP contribution in [0.1, 0.15) is 49.3 Å². The molecule has 2 bridgehead atoms. The zero-order valence-electron chi connectivity index (χ0n) is 10.7. The van der Waals surface area contributed by atoms with Crippen LogP contribution in [0.5, 0.6) is 0 Å². The lowest BCUT2D eigenvalue weighted by atomic mass is 9.94. The molecule has 0 amide bonds. The Morgan fingerprint density at radius 3 is 2.83 bits per heavy atom. The van der Waals surface area contributed by atoms with E-state index in [0.29, 0.717) is 6.04 Å². The van der Waals surface area contributed by atoms with Gasteiger partial charge in [0.25, 0.3) is 0 Å². The summed E-state index contributed by atoms with van der Waals surface area (Å²) in [5.41, 5.74) is 3.10.